The van der Waals surface area contributed by atoms with E-state index in [9.17, 15) is 9.59 Å². The van der Waals surface area contributed by atoms with Crippen molar-refractivity contribution in [2.75, 3.05) is 18.1 Å². The van der Waals surface area contributed by atoms with Gasteiger partial charge in [-0.15, -0.1) is 10.2 Å². The van der Waals surface area contributed by atoms with Crippen molar-refractivity contribution < 1.29 is 9.59 Å². The second kappa shape index (κ2) is 8.41. The van der Waals surface area contributed by atoms with Crippen LogP contribution in [0.3, 0.4) is 0 Å². The number of ketones is 2. The Labute approximate surface area is 198 Å². The number of benzene rings is 2. The second-order valence-electron chi connectivity index (χ2n) is 7.19. The zero-order chi connectivity index (χ0) is 23.8. The molecule has 166 valence electrons. The molecule has 0 atom stereocenters. The number of nitrogens with two attached hydrogens (primary N) is 1. The van der Waals surface area contributed by atoms with E-state index in [4.69, 9.17) is 17.3 Å². The number of carbonyl (C=O) groups excluding carboxylic acids is 2. The molecule has 3 N–H and O–H groups in total. The Morgan fingerprint density at radius 1 is 0.941 bits per heavy atom. The third kappa shape index (κ3) is 3.46. The third-order valence-electron chi connectivity index (χ3n) is 5.20. The van der Waals surface area contributed by atoms with E-state index < -0.39 is 0 Å². The molecule has 5 rings (SSSR count). The van der Waals surface area contributed by atoms with Crippen LogP contribution in [0, 0.1) is 0 Å². The number of halogens is 1. The lowest BCUT2D eigenvalue weighted by Gasteiger charge is -2.19. The lowest BCUT2D eigenvalue weighted by Crippen LogP contribution is -2.21. The third-order valence-corrected chi connectivity index (χ3v) is 5.51. The minimum atomic E-state index is -0.363. The first-order valence-corrected chi connectivity index (χ1v) is 10.4. The van der Waals surface area contributed by atoms with Gasteiger partial charge in [0.05, 0.1) is 28.0 Å². The van der Waals surface area contributed by atoms with Gasteiger partial charge in [0.25, 0.3) is 0 Å². The Kier molecular flexibility index (Phi) is 5.27. The van der Waals surface area contributed by atoms with Gasteiger partial charge >= 0.3 is 0 Å². The van der Waals surface area contributed by atoms with Crippen LogP contribution in [0.25, 0.3) is 11.5 Å². The molecule has 2 heterocycles. The quantitative estimate of drug-likeness (QED) is 0.367. The van der Waals surface area contributed by atoms with Gasteiger partial charge in [-0.25, -0.2) is 15.0 Å². The maximum absolute atomic E-state index is 13.2. The Morgan fingerprint density at radius 3 is 2.41 bits per heavy atom. The molecule has 0 aliphatic heterocycles. The highest BCUT2D eigenvalue weighted by Gasteiger charge is 2.33. The zero-order valence-electron chi connectivity index (χ0n) is 17.7. The maximum Gasteiger partial charge on any atom is 0.196 e. The van der Waals surface area contributed by atoms with Crippen LogP contribution in [-0.2, 0) is 0 Å². The van der Waals surface area contributed by atoms with E-state index in [0.717, 1.165) is 0 Å². The van der Waals surface area contributed by atoms with Gasteiger partial charge in [0, 0.05) is 30.6 Å². The molecule has 11 heteroatoms. The summed E-state index contributed by atoms with van der Waals surface area (Å²) < 4.78 is 0. The monoisotopic (exact) mass is 470 g/mol. The number of aromatic nitrogens is 4. The van der Waals surface area contributed by atoms with Gasteiger partial charge < -0.3 is 11.1 Å². The molecule has 10 nitrogen and oxygen atoms in total. The molecule has 2 aromatic heterocycles. The van der Waals surface area contributed by atoms with Crippen LogP contribution in [-0.4, -0.2) is 38.6 Å². The number of azo groups is 1. The van der Waals surface area contributed by atoms with Crippen molar-refractivity contribution in [1.29, 1.82) is 0 Å². The minimum absolute atomic E-state index is 0.0492. The van der Waals surface area contributed by atoms with Crippen molar-refractivity contribution >= 4 is 46.2 Å². The number of nitrogens with zero attached hydrogens (tertiary/aromatic N) is 6. The van der Waals surface area contributed by atoms with E-state index in [1.807, 2.05) is 0 Å². The molecule has 0 saturated heterocycles. The fourth-order valence-electron chi connectivity index (χ4n) is 3.64. The number of carbonyl (C=O) groups is 2. The molecule has 0 bridgehead atoms. The lowest BCUT2D eigenvalue weighted by molar-refractivity contribution is 0.0979. The summed E-state index contributed by atoms with van der Waals surface area (Å²) in [5.74, 6) is -0.0911. The van der Waals surface area contributed by atoms with Crippen LogP contribution < -0.4 is 11.1 Å². The number of fused-ring (bicyclic) bond motifs is 2. The maximum atomic E-state index is 13.2. The molecule has 0 spiro atoms. The largest absolute Gasteiger partial charge is 0.382 e. The zero-order valence-corrected chi connectivity index (χ0v) is 18.4. The van der Waals surface area contributed by atoms with Crippen LogP contribution in [0.15, 0.2) is 65.2 Å². The normalized spacial score (nSPS) is 12.5. The molecule has 4 aromatic rings. The summed E-state index contributed by atoms with van der Waals surface area (Å²) >= 11 is 6.20. The van der Waals surface area contributed by atoms with Crippen LogP contribution in [0.1, 0.15) is 31.8 Å². The van der Waals surface area contributed by atoms with Crippen molar-refractivity contribution in [1.82, 2.24) is 19.9 Å². The van der Waals surface area contributed by atoms with Gasteiger partial charge in [0.1, 0.15) is 5.69 Å². The van der Waals surface area contributed by atoms with Crippen LogP contribution in [0.5, 0.6) is 0 Å². The highest BCUT2D eigenvalue weighted by atomic mass is 35.5. The average Bonchev–Trinajstić information content (AvgIpc) is 2.86. The van der Waals surface area contributed by atoms with E-state index in [1.165, 1.54) is 18.6 Å². The fourth-order valence-corrected chi connectivity index (χ4v) is 3.90. The Balaban J connectivity index is 1.58. The highest BCUT2D eigenvalue weighted by Crippen LogP contribution is 2.38. The van der Waals surface area contributed by atoms with E-state index >= 15 is 0 Å². The fraction of sp³-hybridized carbons (Fsp3) is 0.0435. The summed E-state index contributed by atoms with van der Waals surface area (Å²) in [6.07, 6.45) is 4.56. The summed E-state index contributed by atoms with van der Waals surface area (Å²) in [4.78, 5) is 43.1. The van der Waals surface area contributed by atoms with E-state index in [1.54, 1.807) is 43.4 Å². The number of rotatable bonds is 4. The van der Waals surface area contributed by atoms with Gasteiger partial charge in [0.15, 0.2) is 34.7 Å². The van der Waals surface area contributed by atoms with Crippen LogP contribution in [0.2, 0.25) is 5.02 Å². The molecule has 1 aliphatic rings. The first kappa shape index (κ1) is 21.3. The van der Waals surface area contributed by atoms with Crippen LogP contribution in [0.4, 0.5) is 23.0 Å². The highest BCUT2D eigenvalue weighted by molar-refractivity contribution is 6.39. The Hall–Kier alpha value is -4.57. The van der Waals surface area contributed by atoms with Crippen LogP contribution >= 0.6 is 11.6 Å². The summed E-state index contributed by atoms with van der Waals surface area (Å²) in [6.45, 7) is 0. The Morgan fingerprint density at radius 2 is 1.68 bits per heavy atom. The molecule has 1 aliphatic carbocycles. The number of nitrogens with one attached hydrogen (secondary N) is 1. The summed E-state index contributed by atoms with van der Waals surface area (Å²) in [6, 6.07) is 9.54. The first-order valence-electron chi connectivity index (χ1n) is 10.0. The average molecular weight is 471 g/mol. The topological polar surface area (TPSA) is 148 Å². The number of hydrogen-bond donors (Lipinski definition) is 2. The summed E-state index contributed by atoms with van der Waals surface area (Å²) in [5.41, 5.74) is 7.72. The van der Waals surface area contributed by atoms with Crippen molar-refractivity contribution in [3.63, 3.8) is 0 Å². The SMILES string of the molecule is CNc1nc(-c2cnccn2)nc(N)c1N=Nc1cccc2c1C(=O)c1cccc(Cl)c1C2=O. The molecule has 0 saturated carbocycles. The molecular formula is C23H15ClN8O2. The predicted octanol–water partition coefficient (Wildman–Crippen LogP) is 4.40. The molecule has 0 fully saturated rings. The predicted molar refractivity (Wildman–Crippen MR) is 126 cm³/mol. The standard InChI is InChI=1S/C23H15ClN8O2/c1-26-23-18(21(25)29-22(30-23)15-10-27-8-9-28-15)32-31-14-7-3-5-12-17(14)20(34)11-4-2-6-13(24)16(11)19(12)33/h2-10H,1H3,(H3,25,26,29,30). The van der Waals surface area contributed by atoms with Gasteiger partial charge in [-0.05, 0) is 12.1 Å². The van der Waals surface area contributed by atoms with Crippen molar-refractivity contribution in [2.45, 2.75) is 0 Å². The number of anilines is 2. The van der Waals surface area contributed by atoms with Crippen molar-refractivity contribution in [3.05, 3.63) is 82.3 Å². The van der Waals surface area contributed by atoms with E-state index in [-0.39, 0.29) is 61.9 Å². The van der Waals surface area contributed by atoms with E-state index in [0.29, 0.717) is 11.5 Å². The summed E-state index contributed by atoms with van der Waals surface area (Å²) in [7, 11) is 1.65. The van der Waals surface area contributed by atoms with Gasteiger partial charge in [-0.1, -0.05) is 35.9 Å². The lowest BCUT2D eigenvalue weighted by atomic mass is 9.83. The minimum Gasteiger partial charge on any atom is -0.382 e. The molecule has 2 aromatic carbocycles. The van der Waals surface area contributed by atoms with Gasteiger partial charge in [-0.2, -0.15) is 0 Å². The van der Waals surface area contributed by atoms with Gasteiger partial charge in [-0.3, -0.25) is 14.6 Å². The summed E-state index contributed by atoms with van der Waals surface area (Å²) in [5, 5.41) is 11.6. The van der Waals surface area contributed by atoms with Crippen molar-refractivity contribution in [3.8, 4) is 11.5 Å². The second-order valence-corrected chi connectivity index (χ2v) is 7.60. The molecular weight excluding hydrogens is 456 g/mol. The Bertz CT molecular complexity index is 1500. The molecule has 0 unspecified atom stereocenters. The smallest absolute Gasteiger partial charge is 0.196 e. The number of nitrogen functional groups attached to an aromatic ring is 1. The molecule has 0 amide bonds. The van der Waals surface area contributed by atoms with E-state index in [2.05, 4.69) is 35.5 Å². The number of hydrogen-bond acceptors (Lipinski definition) is 10. The molecule has 0 radical (unpaired) electrons. The molecule has 34 heavy (non-hydrogen) atoms. The van der Waals surface area contributed by atoms with Gasteiger partial charge in [0.2, 0.25) is 0 Å². The first-order chi connectivity index (χ1) is 16.5. The van der Waals surface area contributed by atoms with Crippen molar-refractivity contribution in [2.24, 2.45) is 10.2 Å².